The van der Waals surface area contributed by atoms with Crippen LogP contribution in [0, 0.1) is 5.82 Å². The number of benzene rings is 2. The molecular formula is C17H17BrClFN2O. The van der Waals surface area contributed by atoms with Crippen molar-refractivity contribution in [3.05, 3.63) is 63.3 Å². The molecule has 2 rings (SSSR count). The molecule has 0 fully saturated rings. The molecule has 3 nitrogen and oxygen atoms in total. The first-order valence-electron chi connectivity index (χ1n) is 7.08. The lowest BCUT2D eigenvalue weighted by Gasteiger charge is -2.24. The van der Waals surface area contributed by atoms with E-state index in [2.05, 4.69) is 21.2 Å². The van der Waals surface area contributed by atoms with Crippen LogP contribution in [0.25, 0.3) is 0 Å². The second kappa shape index (κ2) is 7.90. The molecule has 0 aliphatic rings. The van der Waals surface area contributed by atoms with Crippen molar-refractivity contribution in [1.82, 2.24) is 4.90 Å². The van der Waals surface area contributed by atoms with Gasteiger partial charge in [0.05, 0.1) is 16.8 Å². The Kier molecular flexibility index (Phi) is 6.16. The predicted molar refractivity (Wildman–Crippen MR) is 95.1 cm³/mol. The Labute approximate surface area is 148 Å². The van der Waals surface area contributed by atoms with E-state index in [-0.39, 0.29) is 17.0 Å². The molecule has 1 N–H and O–H groups in total. The summed E-state index contributed by atoms with van der Waals surface area (Å²) >= 11 is 9.43. The number of nitrogens with one attached hydrogen (secondary N) is 1. The molecule has 2 aromatic carbocycles. The number of carbonyl (C=O) groups excluding carboxylic acids is 1. The molecule has 0 saturated heterocycles. The molecular weight excluding hydrogens is 383 g/mol. The van der Waals surface area contributed by atoms with Crippen LogP contribution in [0.3, 0.4) is 0 Å². The van der Waals surface area contributed by atoms with Crippen LogP contribution in [0.15, 0.2) is 46.9 Å². The standard InChI is InChI=1S/C17H17BrClFN2O/c1-11(22(2)10-12-5-3-4-6-14(12)18)17(23)21-16-8-7-13(20)9-15(16)19/h3-9,11H,10H2,1-2H3,(H,21,23). The van der Waals surface area contributed by atoms with Gasteiger partial charge in [-0.2, -0.15) is 0 Å². The molecule has 0 radical (unpaired) electrons. The van der Waals surface area contributed by atoms with Crippen molar-refractivity contribution in [1.29, 1.82) is 0 Å². The van der Waals surface area contributed by atoms with Gasteiger partial charge in [0, 0.05) is 11.0 Å². The maximum Gasteiger partial charge on any atom is 0.241 e. The SMILES string of the molecule is CC(C(=O)Nc1ccc(F)cc1Cl)N(C)Cc1ccccc1Br. The molecule has 23 heavy (non-hydrogen) atoms. The van der Waals surface area contributed by atoms with Gasteiger partial charge in [-0.05, 0) is 43.8 Å². The maximum atomic E-state index is 13.0. The topological polar surface area (TPSA) is 32.3 Å². The summed E-state index contributed by atoms with van der Waals surface area (Å²) in [5.41, 5.74) is 1.49. The Morgan fingerprint density at radius 1 is 1.35 bits per heavy atom. The number of hydrogen-bond acceptors (Lipinski definition) is 2. The van der Waals surface area contributed by atoms with E-state index in [1.807, 2.05) is 43.1 Å². The summed E-state index contributed by atoms with van der Waals surface area (Å²) in [7, 11) is 1.87. The van der Waals surface area contributed by atoms with Gasteiger partial charge >= 0.3 is 0 Å². The highest BCUT2D eigenvalue weighted by atomic mass is 79.9. The van der Waals surface area contributed by atoms with Crippen LogP contribution >= 0.6 is 27.5 Å². The summed E-state index contributed by atoms with van der Waals surface area (Å²) in [6.45, 7) is 2.43. The number of nitrogens with zero attached hydrogens (tertiary/aromatic N) is 1. The van der Waals surface area contributed by atoms with Crippen LogP contribution in [-0.2, 0) is 11.3 Å². The lowest BCUT2D eigenvalue weighted by atomic mass is 10.2. The maximum absolute atomic E-state index is 13.0. The van der Waals surface area contributed by atoms with Crippen molar-refractivity contribution in [2.24, 2.45) is 0 Å². The molecule has 1 unspecified atom stereocenters. The van der Waals surface area contributed by atoms with E-state index in [0.29, 0.717) is 12.2 Å². The van der Waals surface area contributed by atoms with Gasteiger partial charge in [0.15, 0.2) is 0 Å². The number of anilines is 1. The molecule has 1 atom stereocenters. The Morgan fingerprint density at radius 2 is 2.04 bits per heavy atom. The lowest BCUT2D eigenvalue weighted by molar-refractivity contribution is -0.120. The highest BCUT2D eigenvalue weighted by Gasteiger charge is 2.19. The zero-order valence-electron chi connectivity index (χ0n) is 12.8. The number of amides is 1. The van der Waals surface area contributed by atoms with Crippen molar-refractivity contribution < 1.29 is 9.18 Å². The second-order valence-corrected chi connectivity index (χ2v) is 6.56. The minimum atomic E-state index is -0.438. The van der Waals surface area contributed by atoms with Gasteiger partial charge in [0.1, 0.15) is 5.82 Å². The van der Waals surface area contributed by atoms with Crippen molar-refractivity contribution in [2.45, 2.75) is 19.5 Å². The average Bonchev–Trinajstić information content (AvgIpc) is 2.51. The number of halogens is 3. The van der Waals surface area contributed by atoms with E-state index in [9.17, 15) is 9.18 Å². The van der Waals surface area contributed by atoms with Gasteiger partial charge in [0.25, 0.3) is 0 Å². The average molecular weight is 400 g/mol. The Morgan fingerprint density at radius 3 is 2.70 bits per heavy atom. The van der Waals surface area contributed by atoms with Crippen molar-refractivity contribution >= 4 is 39.1 Å². The van der Waals surface area contributed by atoms with Gasteiger partial charge in [-0.15, -0.1) is 0 Å². The minimum absolute atomic E-state index is 0.180. The van der Waals surface area contributed by atoms with Crippen LogP contribution in [0.5, 0.6) is 0 Å². The summed E-state index contributed by atoms with van der Waals surface area (Å²) in [6.07, 6.45) is 0. The minimum Gasteiger partial charge on any atom is -0.323 e. The fraction of sp³-hybridized carbons (Fsp3) is 0.235. The third-order valence-electron chi connectivity index (χ3n) is 3.61. The molecule has 122 valence electrons. The molecule has 0 aliphatic carbocycles. The number of carbonyl (C=O) groups is 1. The van der Waals surface area contributed by atoms with Crippen molar-refractivity contribution in [3.63, 3.8) is 0 Å². The van der Waals surface area contributed by atoms with Gasteiger partial charge in [-0.1, -0.05) is 45.7 Å². The number of rotatable bonds is 5. The van der Waals surface area contributed by atoms with Crippen molar-refractivity contribution in [2.75, 3.05) is 12.4 Å². The molecule has 1 amide bonds. The third kappa shape index (κ3) is 4.77. The first-order chi connectivity index (χ1) is 10.9. The van der Waals surface area contributed by atoms with Crippen LogP contribution < -0.4 is 5.32 Å². The molecule has 0 heterocycles. The Bertz CT molecular complexity index is 711. The third-order valence-corrected chi connectivity index (χ3v) is 4.69. The smallest absolute Gasteiger partial charge is 0.241 e. The number of hydrogen-bond donors (Lipinski definition) is 1. The first kappa shape index (κ1) is 17.9. The highest BCUT2D eigenvalue weighted by molar-refractivity contribution is 9.10. The van der Waals surface area contributed by atoms with E-state index >= 15 is 0 Å². The van der Waals surface area contributed by atoms with E-state index in [1.54, 1.807) is 0 Å². The quantitative estimate of drug-likeness (QED) is 0.790. The molecule has 0 bridgehead atoms. The van der Waals surface area contributed by atoms with Crippen LogP contribution in [0.2, 0.25) is 5.02 Å². The van der Waals surface area contributed by atoms with Gasteiger partial charge in [-0.3, -0.25) is 9.69 Å². The van der Waals surface area contributed by atoms with E-state index < -0.39 is 5.82 Å². The molecule has 0 saturated carbocycles. The Hall–Kier alpha value is -1.43. The normalized spacial score (nSPS) is 12.3. The summed E-state index contributed by atoms with van der Waals surface area (Å²) in [5, 5.41) is 2.91. The highest BCUT2D eigenvalue weighted by Crippen LogP contribution is 2.23. The van der Waals surface area contributed by atoms with Crippen LogP contribution in [-0.4, -0.2) is 23.9 Å². The largest absolute Gasteiger partial charge is 0.323 e. The van der Waals surface area contributed by atoms with Gasteiger partial charge < -0.3 is 5.32 Å². The molecule has 2 aromatic rings. The van der Waals surface area contributed by atoms with Gasteiger partial charge in [0.2, 0.25) is 5.91 Å². The zero-order valence-corrected chi connectivity index (χ0v) is 15.2. The summed E-state index contributed by atoms with van der Waals surface area (Å²) in [4.78, 5) is 14.3. The number of likely N-dealkylation sites (N-methyl/N-ethyl adjacent to an activating group) is 1. The lowest BCUT2D eigenvalue weighted by Crippen LogP contribution is -2.39. The zero-order chi connectivity index (χ0) is 17.0. The molecule has 0 spiro atoms. The fourth-order valence-electron chi connectivity index (χ4n) is 2.06. The second-order valence-electron chi connectivity index (χ2n) is 5.30. The molecule has 0 aromatic heterocycles. The van der Waals surface area contributed by atoms with E-state index in [4.69, 9.17) is 11.6 Å². The van der Waals surface area contributed by atoms with E-state index in [0.717, 1.165) is 10.0 Å². The summed E-state index contributed by atoms with van der Waals surface area (Å²) < 4.78 is 14.0. The van der Waals surface area contributed by atoms with Crippen LogP contribution in [0.1, 0.15) is 12.5 Å². The summed E-state index contributed by atoms with van der Waals surface area (Å²) in [5.74, 6) is -0.639. The van der Waals surface area contributed by atoms with Crippen LogP contribution in [0.4, 0.5) is 10.1 Å². The predicted octanol–water partition coefficient (Wildman–Crippen LogP) is 4.70. The molecule has 6 heteroatoms. The van der Waals surface area contributed by atoms with Crippen molar-refractivity contribution in [3.8, 4) is 0 Å². The Balaban J connectivity index is 2.02. The molecule has 0 aliphatic heterocycles. The van der Waals surface area contributed by atoms with Gasteiger partial charge in [-0.25, -0.2) is 4.39 Å². The summed E-state index contributed by atoms with van der Waals surface area (Å²) in [6, 6.07) is 11.4. The monoisotopic (exact) mass is 398 g/mol. The first-order valence-corrected chi connectivity index (χ1v) is 8.25. The fourth-order valence-corrected chi connectivity index (χ4v) is 2.69. The van der Waals surface area contributed by atoms with E-state index in [1.165, 1.54) is 18.2 Å².